The molecule has 0 aliphatic carbocycles. The van der Waals surface area contributed by atoms with Crippen molar-refractivity contribution in [3.63, 3.8) is 0 Å². The normalized spacial score (nSPS) is 13.2. The highest BCUT2D eigenvalue weighted by atomic mass is 32.2. The van der Waals surface area contributed by atoms with E-state index in [1.54, 1.807) is 24.3 Å². The molecule has 6 heteroatoms. The summed E-state index contributed by atoms with van der Waals surface area (Å²) in [5, 5.41) is 3.00. The molecule has 148 valence electrons. The topological polar surface area (TPSA) is 66.5 Å². The van der Waals surface area contributed by atoms with Gasteiger partial charge in [0.1, 0.15) is 0 Å². The Bertz CT molecular complexity index is 1150. The molecule has 5 nitrogen and oxygen atoms in total. The number of para-hydroxylation sites is 3. The molecule has 0 atom stereocenters. The van der Waals surface area contributed by atoms with Crippen LogP contribution in [0.1, 0.15) is 21.5 Å². The first-order chi connectivity index (χ1) is 13.9. The fraction of sp³-hybridized carbons (Fsp3) is 0.174. The van der Waals surface area contributed by atoms with Gasteiger partial charge in [-0.05, 0) is 47.9 Å². The Labute approximate surface area is 170 Å². The molecule has 3 aromatic rings. The van der Waals surface area contributed by atoms with Crippen LogP contribution in [0.3, 0.4) is 0 Å². The number of nitrogens with one attached hydrogen (secondary N) is 1. The third-order valence-electron chi connectivity index (χ3n) is 4.98. The molecule has 0 bridgehead atoms. The maximum Gasteiger partial charge on any atom is 0.255 e. The monoisotopic (exact) mass is 406 g/mol. The van der Waals surface area contributed by atoms with Crippen LogP contribution in [0.5, 0.6) is 0 Å². The third-order valence-corrected chi connectivity index (χ3v) is 5.83. The van der Waals surface area contributed by atoms with Gasteiger partial charge in [-0.1, -0.05) is 42.5 Å². The number of carbonyl (C=O) groups excluding carboxylic acids is 1. The molecule has 29 heavy (non-hydrogen) atoms. The summed E-state index contributed by atoms with van der Waals surface area (Å²) in [4.78, 5) is 15.0. The van der Waals surface area contributed by atoms with Crippen LogP contribution in [-0.4, -0.2) is 27.1 Å². The molecule has 1 aliphatic rings. The van der Waals surface area contributed by atoms with E-state index in [0.717, 1.165) is 24.3 Å². The van der Waals surface area contributed by atoms with Crippen molar-refractivity contribution >= 4 is 32.8 Å². The van der Waals surface area contributed by atoms with Gasteiger partial charge in [0.2, 0.25) is 0 Å². The highest BCUT2D eigenvalue weighted by Gasteiger charge is 2.22. The van der Waals surface area contributed by atoms with Gasteiger partial charge in [-0.25, -0.2) is 8.42 Å². The van der Waals surface area contributed by atoms with E-state index in [-0.39, 0.29) is 11.7 Å². The van der Waals surface area contributed by atoms with Crippen LogP contribution in [0.15, 0.2) is 72.8 Å². The molecular weight excluding hydrogens is 384 g/mol. The van der Waals surface area contributed by atoms with E-state index in [2.05, 4.69) is 22.3 Å². The lowest BCUT2D eigenvalue weighted by atomic mass is 10.1. The lowest BCUT2D eigenvalue weighted by Gasteiger charge is -2.23. The molecule has 3 aromatic carbocycles. The van der Waals surface area contributed by atoms with Crippen molar-refractivity contribution in [3.05, 3.63) is 89.5 Å². The van der Waals surface area contributed by atoms with Gasteiger partial charge in [-0.2, -0.15) is 0 Å². The predicted octanol–water partition coefficient (Wildman–Crippen LogP) is 4.18. The van der Waals surface area contributed by atoms with Gasteiger partial charge in [0.25, 0.3) is 5.91 Å². The lowest BCUT2D eigenvalue weighted by Crippen LogP contribution is -2.18. The maximum absolute atomic E-state index is 12.8. The van der Waals surface area contributed by atoms with Crippen LogP contribution in [-0.2, 0) is 22.0 Å². The molecule has 0 aromatic heterocycles. The summed E-state index contributed by atoms with van der Waals surface area (Å²) < 4.78 is 22.9. The molecule has 0 radical (unpaired) electrons. The first-order valence-corrected chi connectivity index (χ1v) is 11.5. The largest absolute Gasteiger partial charge is 0.339 e. The number of nitrogens with zero attached hydrogens (tertiary/aromatic N) is 1. The van der Waals surface area contributed by atoms with Crippen molar-refractivity contribution in [2.24, 2.45) is 0 Å². The van der Waals surface area contributed by atoms with Crippen molar-refractivity contribution in [1.29, 1.82) is 0 Å². The van der Waals surface area contributed by atoms with Crippen LogP contribution in [0, 0.1) is 0 Å². The summed E-state index contributed by atoms with van der Waals surface area (Å²) >= 11 is 0. The van der Waals surface area contributed by atoms with Crippen molar-refractivity contribution in [2.75, 3.05) is 23.0 Å². The Hall–Kier alpha value is -3.12. The SMILES string of the molecule is CS(=O)(=O)Cc1ccc(C(=O)Nc2ccccc2N2CCc3ccccc32)cc1. The third kappa shape index (κ3) is 4.32. The smallest absolute Gasteiger partial charge is 0.255 e. The number of rotatable bonds is 5. The molecule has 1 heterocycles. The zero-order valence-corrected chi connectivity index (χ0v) is 16.9. The average Bonchev–Trinajstić information content (AvgIpc) is 3.12. The van der Waals surface area contributed by atoms with Crippen molar-refractivity contribution < 1.29 is 13.2 Å². The Morgan fingerprint density at radius 1 is 0.931 bits per heavy atom. The standard InChI is InChI=1S/C23H22N2O3S/c1-29(27,28)16-17-10-12-19(13-11-17)23(26)24-20-7-3-5-9-22(20)25-15-14-18-6-2-4-8-21(18)25/h2-13H,14-16H2,1H3,(H,24,26). The van der Waals surface area contributed by atoms with Crippen molar-refractivity contribution in [2.45, 2.75) is 12.2 Å². The first kappa shape index (κ1) is 19.2. The molecule has 4 rings (SSSR count). The molecule has 0 unspecified atom stereocenters. The number of amides is 1. The molecule has 1 aliphatic heterocycles. The molecule has 0 saturated heterocycles. The van der Waals surface area contributed by atoms with E-state index in [1.165, 1.54) is 17.5 Å². The summed E-state index contributed by atoms with van der Waals surface area (Å²) in [6.07, 6.45) is 2.17. The van der Waals surface area contributed by atoms with Gasteiger partial charge in [-0.3, -0.25) is 4.79 Å². The number of hydrogen-bond donors (Lipinski definition) is 1. The van der Waals surface area contributed by atoms with Gasteiger partial charge in [0, 0.05) is 24.1 Å². The van der Waals surface area contributed by atoms with Crippen LogP contribution in [0.4, 0.5) is 17.1 Å². The number of fused-ring (bicyclic) bond motifs is 1. The Morgan fingerprint density at radius 3 is 2.31 bits per heavy atom. The number of benzene rings is 3. The van der Waals surface area contributed by atoms with Gasteiger partial charge in [-0.15, -0.1) is 0 Å². The van der Waals surface area contributed by atoms with Crippen LogP contribution in [0.2, 0.25) is 0 Å². The van der Waals surface area contributed by atoms with E-state index in [4.69, 9.17) is 0 Å². The first-order valence-electron chi connectivity index (χ1n) is 9.43. The van der Waals surface area contributed by atoms with E-state index in [9.17, 15) is 13.2 Å². The van der Waals surface area contributed by atoms with Gasteiger partial charge in [0.05, 0.1) is 17.1 Å². The summed E-state index contributed by atoms with van der Waals surface area (Å²) in [5.41, 5.74) is 5.32. The quantitative estimate of drug-likeness (QED) is 0.690. The highest BCUT2D eigenvalue weighted by Crippen LogP contribution is 2.38. The van der Waals surface area contributed by atoms with E-state index in [0.29, 0.717) is 11.1 Å². The fourth-order valence-corrected chi connectivity index (χ4v) is 4.45. The summed E-state index contributed by atoms with van der Waals surface area (Å²) in [7, 11) is -3.10. The van der Waals surface area contributed by atoms with Crippen molar-refractivity contribution in [1.82, 2.24) is 0 Å². The second-order valence-electron chi connectivity index (χ2n) is 7.27. The molecule has 1 N–H and O–H groups in total. The summed E-state index contributed by atoms with van der Waals surface area (Å²) in [6, 6.07) is 22.7. The van der Waals surface area contributed by atoms with E-state index < -0.39 is 9.84 Å². The van der Waals surface area contributed by atoms with Crippen LogP contribution >= 0.6 is 0 Å². The predicted molar refractivity (Wildman–Crippen MR) is 117 cm³/mol. The second kappa shape index (κ2) is 7.72. The zero-order valence-electron chi connectivity index (χ0n) is 16.1. The zero-order chi connectivity index (χ0) is 20.4. The number of anilines is 3. The van der Waals surface area contributed by atoms with E-state index >= 15 is 0 Å². The Kier molecular flexibility index (Phi) is 5.11. The second-order valence-corrected chi connectivity index (χ2v) is 9.41. The lowest BCUT2D eigenvalue weighted by molar-refractivity contribution is 0.102. The minimum absolute atomic E-state index is 0.0356. The molecular formula is C23H22N2O3S. The minimum Gasteiger partial charge on any atom is -0.339 e. The fourth-order valence-electron chi connectivity index (χ4n) is 3.65. The number of carbonyl (C=O) groups is 1. The van der Waals surface area contributed by atoms with Crippen LogP contribution in [0.25, 0.3) is 0 Å². The summed E-state index contributed by atoms with van der Waals surface area (Å²) in [6.45, 7) is 0.867. The van der Waals surface area contributed by atoms with E-state index in [1.807, 2.05) is 36.4 Å². The maximum atomic E-state index is 12.8. The molecule has 1 amide bonds. The van der Waals surface area contributed by atoms with Gasteiger partial charge >= 0.3 is 0 Å². The van der Waals surface area contributed by atoms with Gasteiger partial charge in [0.15, 0.2) is 9.84 Å². The number of sulfone groups is 1. The van der Waals surface area contributed by atoms with Gasteiger partial charge < -0.3 is 10.2 Å². The molecule has 0 saturated carbocycles. The Morgan fingerprint density at radius 2 is 1.59 bits per heavy atom. The molecule has 0 spiro atoms. The highest BCUT2D eigenvalue weighted by molar-refractivity contribution is 7.89. The Balaban J connectivity index is 1.56. The van der Waals surface area contributed by atoms with Crippen LogP contribution < -0.4 is 10.2 Å². The van der Waals surface area contributed by atoms with Crippen molar-refractivity contribution in [3.8, 4) is 0 Å². The molecule has 0 fully saturated rings. The summed E-state index contributed by atoms with van der Waals surface area (Å²) in [5.74, 6) is -0.262. The average molecular weight is 407 g/mol. The number of hydrogen-bond acceptors (Lipinski definition) is 4. The minimum atomic E-state index is -3.10.